The molecule has 2 heteroatoms. The van der Waals surface area contributed by atoms with Crippen molar-refractivity contribution in [2.45, 2.75) is 51.0 Å². The lowest BCUT2D eigenvalue weighted by Gasteiger charge is -2.33. The van der Waals surface area contributed by atoms with E-state index in [2.05, 4.69) is 0 Å². The van der Waals surface area contributed by atoms with Crippen LogP contribution in [0.25, 0.3) is 0 Å². The van der Waals surface area contributed by atoms with E-state index in [-0.39, 0.29) is 17.6 Å². The summed E-state index contributed by atoms with van der Waals surface area (Å²) in [6.45, 7) is 3.83. The molecule has 1 N–H and O–H groups in total. The molecule has 0 aliphatic heterocycles. The number of hydrogen-bond acceptors (Lipinski definition) is 2. The number of ketones is 1. The first-order valence-corrected chi connectivity index (χ1v) is 6.85. The molecule has 1 fully saturated rings. The SMILES string of the molecule is CC(C)C(=O)C(c1ccccc1)C1(O)CCCC1. The Morgan fingerprint density at radius 3 is 2.22 bits per heavy atom. The number of carbonyl (C=O) groups excluding carboxylic acids is 1. The maximum atomic E-state index is 12.5. The molecule has 1 aromatic rings. The van der Waals surface area contributed by atoms with Gasteiger partial charge in [0.15, 0.2) is 0 Å². The molecule has 1 atom stereocenters. The van der Waals surface area contributed by atoms with E-state index in [0.717, 1.165) is 31.2 Å². The highest BCUT2D eigenvalue weighted by molar-refractivity contribution is 5.88. The summed E-state index contributed by atoms with van der Waals surface area (Å²) in [7, 11) is 0. The van der Waals surface area contributed by atoms with Crippen molar-refractivity contribution in [1.29, 1.82) is 0 Å². The second-order valence-electron chi connectivity index (χ2n) is 5.71. The lowest BCUT2D eigenvalue weighted by molar-refractivity contribution is -0.129. The Hall–Kier alpha value is -1.15. The van der Waals surface area contributed by atoms with Crippen molar-refractivity contribution in [3.8, 4) is 0 Å². The minimum atomic E-state index is -0.831. The molecule has 0 amide bonds. The van der Waals surface area contributed by atoms with Crippen molar-refractivity contribution in [1.82, 2.24) is 0 Å². The predicted molar refractivity (Wildman–Crippen MR) is 72.4 cm³/mol. The third kappa shape index (κ3) is 2.49. The van der Waals surface area contributed by atoms with Gasteiger partial charge in [0.05, 0.1) is 11.5 Å². The van der Waals surface area contributed by atoms with Crippen molar-refractivity contribution < 1.29 is 9.90 Å². The van der Waals surface area contributed by atoms with Crippen LogP contribution in [0.3, 0.4) is 0 Å². The summed E-state index contributed by atoms with van der Waals surface area (Å²) < 4.78 is 0. The van der Waals surface area contributed by atoms with E-state index >= 15 is 0 Å². The topological polar surface area (TPSA) is 37.3 Å². The molecule has 0 bridgehead atoms. The molecule has 0 aromatic heterocycles. The average Bonchev–Trinajstić information content (AvgIpc) is 2.78. The van der Waals surface area contributed by atoms with E-state index in [0.29, 0.717) is 0 Å². The number of aliphatic hydroxyl groups is 1. The largest absolute Gasteiger partial charge is 0.389 e. The van der Waals surface area contributed by atoms with E-state index in [4.69, 9.17) is 0 Å². The lowest BCUT2D eigenvalue weighted by atomic mass is 9.75. The van der Waals surface area contributed by atoms with Gasteiger partial charge in [0.2, 0.25) is 0 Å². The second kappa shape index (κ2) is 5.23. The monoisotopic (exact) mass is 246 g/mol. The fourth-order valence-electron chi connectivity index (χ4n) is 2.99. The molecule has 0 heterocycles. The van der Waals surface area contributed by atoms with Crippen molar-refractivity contribution >= 4 is 5.78 Å². The van der Waals surface area contributed by atoms with Gasteiger partial charge in [0.25, 0.3) is 0 Å². The van der Waals surface area contributed by atoms with Crippen LogP contribution >= 0.6 is 0 Å². The minimum Gasteiger partial charge on any atom is -0.389 e. The third-order valence-electron chi connectivity index (χ3n) is 3.99. The quantitative estimate of drug-likeness (QED) is 0.885. The number of carbonyl (C=O) groups is 1. The fraction of sp³-hybridized carbons (Fsp3) is 0.562. The number of rotatable bonds is 4. The minimum absolute atomic E-state index is 0.0418. The third-order valence-corrected chi connectivity index (χ3v) is 3.99. The molecule has 1 saturated carbocycles. The Morgan fingerprint density at radius 1 is 1.17 bits per heavy atom. The molecule has 1 aliphatic rings. The molecule has 2 rings (SSSR count). The normalized spacial score (nSPS) is 20.0. The van der Waals surface area contributed by atoms with Crippen molar-refractivity contribution in [3.05, 3.63) is 35.9 Å². The Balaban J connectivity index is 2.38. The molecule has 1 aromatic carbocycles. The van der Waals surface area contributed by atoms with Gasteiger partial charge in [0.1, 0.15) is 5.78 Å². The Bertz CT molecular complexity index is 402. The van der Waals surface area contributed by atoms with Crippen molar-refractivity contribution in [3.63, 3.8) is 0 Å². The smallest absolute Gasteiger partial charge is 0.145 e. The van der Waals surface area contributed by atoms with Gasteiger partial charge >= 0.3 is 0 Å². The molecule has 18 heavy (non-hydrogen) atoms. The summed E-state index contributed by atoms with van der Waals surface area (Å²) in [5.74, 6) is -0.244. The van der Waals surface area contributed by atoms with Crippen LogP contribution in [0.2, 0.25) is 0 Å². The summed E-state index contributed by atoms with van der Waals surface area (Å²) in [6, 6.07) is 9.74. The summed E-state index contributed by atoms with van der Waals surface area (Å²) in [5.41, 5.74) is 0.128. The van der Waals surface area contributed by atoms with Gasteiger partial charge in [-0.05, 0) is 18.4 Å². The molecular formula is C16H22O2. The molecule has 2 nitrogen and oxygen atoms in total. The van der Waals surface area contributed by atoms with Crippen LogP contribution in [-0.4, -0.2) is 16.5 Å². The van der Waals surface area contributed by atoms with E-state index in [1.165, 1.54) is 0 Å². The van der Waals surface area contributed by atoms with E-state index in [1.54, 1.807) is 0 Å². The van der Waals surface area contributed by atoms with Crippen LogP contribution in [0, 0.1) is 5.92 Å². The number of Topliss-reactive ketones (excluding diaryl/α,β-unsaturated/α-hetero) is 1. The van der Waals surface area contributed by atoms with Gasteiger partial charge in [-0.2, -0.15) is 0 Å². The van der Waals surface area contributed by atoms with Crippen LogP contribution in [0.1, 0.15) is 51.0 Å². The van der Waals surface area contributed by atoms with Gasteiger partial charge in [0, 0.05) is 5.92 Å². The first-order valence-electron chi connectivity index (χ1n) is 6.85. The zero-order valence-corrected chi connectivity index (χ0v) is 11.2. The maximum Gasteiger partial charge on any atom is 0.145 e. The Morgan fingerprint density at radius 2 is 1.72 bits per heavy atom. The highest BCUT2D eigenvalue weighted by Gasteiger charge is 2.44. The van der Waals surface area contributed by atoms with Gasteiger partial charge in [-0.25, -0.2) is 0 Å². The second-order valence-corrected chi connectivity index (χ2v) is 5.71. The average molecular weight is 246 g/mol. The van der Waals surface area contributed by atoms with Gasteiger partial charge in [-0.3, -0.25) is 4.79 Å². The first-order chi connectivity index (χ1) is 8.54. The zero-order chi connectivity index (χ0) is 13.2. The maximum absolute atomic E-state index is 12.5. The van der Waals surface area contributed by atoms with Crippen LogP contribution in [0.5, 0.6) is 0 Å². The summed E-state index contributed by atoms with van der Waals surface area (Å²) in [4.78, 5) is 12.5. The van der Waals surface area contributed by atoms with Crippen LogP contribution in [0.4, 0.5) is 0 Å². The van der Waals surface area contributed by atoms with Crippen LogP contribution in [-0.2, 0) is 4.79 Å². The Labute approximate surface area is 109 Å². The molecule has 1 unspecified atom stereocenters. The molecule has 98 valence electrons. The van der Waals surface area contributed by atoms with Gasteiger partial charge in [-0.1, -0.05) is 57.0 Å². The van der Waals surface area contributed by atoms with E-state index in [1.807, 2.05) is 44.2 Å². The predicted octanol–water partition coefficient (Wildman–Crippen LogP) is 3.30. The first kappa shape index (κ1) is 13.3. The van der Waals surface area contributed by atoms with E-state index in [9.17, 15) is 9.90 Å². The molecule has 0 saturated heterocycles. The molecule has 0 spiro atoms. The lowest BCUT2D eigenvalue weighted by Crippen LogP contribution is -2.39. The van der Waals surface area contributed by atoms with Gasteiger partial charge < -0.3 is 5.11 Å². The van der Waals surface area contributed by atoms with Gasteiger partial charge in [-0.15, -0.1) is 0 Å². The Kier molecular flexibility index (Phi) is 3.86. The standard InChI is InChI=1S/C16H22O2/c1-12(2)15(17)14(13-8-4-3-5-9-13)16(18)10-6-7-11-16/h3-5,8-9,12,14,18H,6-7,10-11H2,1-2H3. The van der Waals surface area contributed by atoms with Crippen molar-refractivity contribution in [2.75, 3.05) is 0 Å². The van der Waals surface area contributed by atoms with Crippen molar-refractivity contribution in [2.24, 2.45) is 5.92 Å². The number of hydrogen-bond donors (Lipinski definition) is 1. The highest BCUT2D eigenvalue weighted by Crippen LogP contribution is 2.42. The number of benzene rings is 1. The van der Waals surface area contributed by atoms with E-state index < -0.39 is 5.60 Å². The highest BCUT2D eigenvalue weighted by atomic mass is 16.3. The summed E-state index contributed by atoms with van der Waals surface area (Å²) >= 11 is 0. The molecule has 1 aliphatic carbocycles. The fourth-order valence-corrected chi connectivity index (χ4v) is 2.99. The summed E-state index contributed by atoms with van der Waals surface area (Å²) in [6.07, 6.45) is 3.52. The molecular weight excluding hydrogens is 224 g/mol. The summed E-state index contributed by atoms with van der Waals surface area (Å²) in [5, 5.41) is 10.8. The van der Waals surface area contributed by atoms with Crippen LogP contribution < -0.4 is 0 Å². The molecule has 0 radical (unpaired) electrons. The van der Waals surface area contributed by atoms with Crippen LogP contribution in [0.15, 0.2) is 30.3 Å². The zero-order valence-electron chi connectivity index (χ0n) is 11.2.